The van der Waals surface area contributed by atoms with E-state index in [0.717, 1.165) is 19.4 Å². The van der Waals surface area contributed by atoms with Crippen molar-refractivity contribution < 1.29 is 14.7 Å². The van der Waals surface area contributed by atoms with E-state index in [9.17, 15) is 9.59 Å². The van der Waals surface area contributed by atoms with Gasteiger partial charge in [-0.25, -0.2) is 0 Å². The van der Waals surface area contributed by atoms with Crippen molar-refractivity contribution >= 4 is 11.9 Å². The smallest absolute Gasteiger partial charge is 0.322 e. The molecule has 2 N–H and O–H groups in total. The van der Waals surface area contributed by atoms with Gasteiger partial charge in [0.05, 0.1) is 6.54 Å². The third kappa shape index (κ3) is 5.15. The first kappa shape index (κ1) is 16.5. The van der Waals surface area contributed by atoms with Gasteiger partial charge in [0, 0.05) is 12.6 Å². The fourth-order valence-corrected chi connectivity index (χ4v) is 2.41. The van der Waals surface area contributed by atoms with Crippen molar-refractivity contribution in [3.05, 3.63) is 35.4 Å². The van der Waals surface area contributed by atoms with Crippen LogP contribution in [0.2, 0.25) is 0 Å². The van der Waals surface area contributed by atoms with Crippen molar-refractivity contribution in [3.63, 3.8) is 0 Å². The van der Waals surface area contributed by atoms with E-state index in [2.05, 4.69) is 48.3 Å². The van der Waals surface area contributed by atoms with Crippen molar-refractivity contribution in [1.29, 1.82) is 0 Å². The summed E-state index contributed by atoms with van der Waals surface area (Å²) in [5.41, 5.74) is 2.49. The molecule has 1 aromatic carbocycles. The summed E-state index contributed by atoms with van der Waals surface area (Å²) in [5, 5.41) is 11.0. The Bertz CT molecular complexity index is 521. The number of benzene rings is 1. The Hall–Kier alpha value is -1.88. The molecule has 0 unspecified atom stereocenters. The second-order valence-electron chi connectivity index (χ2n) is 6.20. The number of carboxylic acids is 1. The molecule has 0 aliphatic heterocycles. The lowest BCUT2D eigenvalue weighted by molar-refractivity contribution is -0.138. The quantitative estimate of drug-likeness (QED) is 0.770. The van der Waals surface area contributed by atoms with Gasteiger partial charge in [-0.1, -0.05) is 38.1 Å². The molecule has 0 saturated heterocycles. The standard InChI is InChI=1S/C17H24N2O3/c1-12(2)14-5-3-13(4-6-14)10-19(15-7-8-15)11-16(20)18-9-17(21)22/h3-6,12,15H,7-11H2,1-2H3,(H,18,20)(H,21,22). The van der Waals surface area contributed by atoms with Crippen LogP contribution in [0.25, 0.3) is 0 Å². The van der Waals surface area contributed by atoms with Crippen molar-refractivity contribution in [2.45, 2.75) is 45.2 Å². The number of rotatable bonds is 8. The SMILES string of the molecule is CC(C)c1ccc(CN(CC(=O)NCC(=O)O)C2CC2)cc1. The molecular weight excluding hydrogens is 280 g/mol. The molecule has 1 aliphatic rings. The Balaban J connectivity index is 1.91. The lowest BCUT2D eigenvalue weighted by Gasteiger charge is -2.21. The molecule has 2 rings (SSSR count). The second kappa shape index (κ2) is 7.40. The van der Waals surface area contributed by atoms with Crippen LogP contribution in [0.3, 0.4) is 0 Å². The highest BCUT2D eigenvalue weighted by Crippen LogP contribution is 2.28. The van der Waals surface area contributed by atoms with E-state index < -0.39 is 5.97 Å². The van der Waals surface area contributed by atoms with Crippen LogP contribution in [-0.4, -0.2) is 41.0 Å². The Morgan fingerprint density at radius 1 is 1.27 bits per heavy atom. The average Bonchev–Trinajstić information content (AvgIpc) is 3.29. The minimum absolute atomic E-state index is 0.229. The Kier molecular flexibility index (Phi) is 5.55. The molecule has 0 bridgehead atoms. The zero-order valence-electron chi connectivity index (χ0n) is 13.2. The summed E-state index contributed by atoms with van der Waals surface area (Å²) in [6.45, 7) is 4.99. The van der Waals surface area contributed by atoms with E-state index >= 15 is 0 Å². The van der Waals surface area contributed by atoms with E-state index in [-0.39, 0.29) is 19.0 Å². The normalized spacial score (nSPS) is 14.4. The van der Waals surface area contributed by atoms with Gasteiger partial charge >= 0.3 is 5.97 Å². The van der Waals surface area contributed by atoms with Crippen LogP contribution in [0.15, 0.2) is 24.3 Å². The summed E-state index contributed by atoms with van der Waals surface area (Å²) >= 11 is 0. The third-order valence-electron chi connectivity index (χ3n) is 3.88. The molecule has 5 heteroatoms. The monoisotopic (exact) mass is 304 g/mol. The Labute approximate surface area is 131 Å². The summed E-state index contributed by atoms with van der Waals surface area (Å²) in [4.78, 5) is 24.4. The number of hydrogen-bond donors (Lipinski definition) is 2. The van der Waals surface area contributed by atoms with Crippen molar-refractivity contribution in [2.24, 2.45) is 0 Å². The van der Waals surface area contributed by atoms with Crippen molar-refractivity contribution in [3.8, 4) is 0 Å². The van der Waals surface area contributed by atoms with Crippen LogP contribution < -0.4 is 5.32 Å². The summed E-state index contributed by atoms with van der Waals surface area (Å²) in [5.74, 6) is -0.737. The highest BCUT2D eigenvalue weighted by atomic mass is 16.4. The van der Waals surface area contributed by atoms with E-state index in [1.165, 1.54) is 11.1 Å². The molecule has 1 amide bonds. The van der Waals surface area contributed by atoms with Crippen molar-refractivity contribution in [2.75, 3.05) is 13.1 Å². The maximum Gasteiger partial charge on any atom is 0.322 e. The number of carbonyl (C=O) groups is 2. The van der Waals surface area contributed by atoms with Gasteiger partial charge in [0.15, 0.2) is 0 Å². The number of nitrogens with zero attached hydrogens (tertiary/aromatic N) is 1. The summed E-state index contributed by atoms with van der Waals surface area (Å²) in [6, 6.07) is 8.94. The van der Waals surface area contributed by atoms with Gasteiger partial charge in [-0.05, 0) is 29.9 Å². The first-order chi connectivity index (χ1) is 10.5. The lowest BCUT2D eigenvalue weighted by Crippen LogP contribution is -2.40. The molecule has 120 valence electrons. The van der Waals surface area contributed by atoms with E-state index in [4.69, 9.17) is 5.11 Å². The molecule has 1 aromatic rings. The minimum Gasteiger partial charge on any atom is -0.480 e. The van der Waals surface area contributed by atoms with Crippen molar-refractivity contribution in [1.82, 2.24) is 10.2 Å². The molecule has 22 heavy (non-hydrogen) atoms. The second-order valence-corrected chi connectivity index (χ2v) is 6.20. The first-order valence-electron chi connectivity index (χ1n) is 7.77. The minimum atomic E-state index is -1.02. The molecular formula is C17H24N2O3. The average molecular weight is 304 g/mol. The molecule has 5 nitrogen and oxygen atoms in total. The number of nitrogens with one attached hydrogen (secondary N) is 1. The maximum absolute atomic E-state index is 11.8. The van der Waals surface area contributed by atoms with E-state index in [0.29, 0.717) is 12.0 Å². The van der Waals surface area contributed by atoms with E-state index in [1.54, 1.807) is 0 Å². The molecule has 1 fully saturated rings. The maximum atomic E-state index is 11.8. The topological polar surface area (TPSA) is 69.6 Å². The number of aliphatic carboxylic acids is 1. The zero-order chi connectivity index (χ0) is 16.1. The predicted octanol–water partition coefficient (Wildman–Crippen LogP) is 1.98. The van der Waals surface area contributed by atoms with Gasteiger partial charge in [0.2, 0.25) is 5.91 Å². The highest BCUT2D eigenvalue weighted by Gasteiger charge is 2.30. The van der Waals surface area contributed by atoms with Gasteiger partial charge in [-0.3, -0.25) is 14.5 Å². The number of carbonyl (C=O) groups excluding carboxylic acids is 1. The number of hydrogen-bond acceptors (Lipinski definition) is 3. The van der Waals surface area contributed by atoms with Crippen LogP contribution in [-0.2, 0) is 16.1 Å². The Morgan fingerprint density at radius 3 is 2.41 bits per heavy atom. The molecule has 0 atom stereocenters. The first-order valence-corrected chi connectivity index (χ1v) is 7.77. The fourth-order valence-electron chi connectivity index (χ4n) is 2.41. The number of amides is 1. The van der Waals surface area contributed by atoms with Gasteiger partial charge in [-0.2, -0.15) is 0 Å². The van der Waals surface area contributed by atoms with Gasteiger partial charge < -0.3 is 10.4 Å². The molecule has 0 heterocycles. The van der Waals surface area contributed by atoms with Crippen LogP contribution in [0.4, 0.5) is 0 Å². The number of carboxylic acid groups (broad SMARTS) is 1. The zero-order valence-corrected chi connectivity index (χ0v) is 13.2. The van der Waals surface area contributed by atoms with Gasteiger partial charge in [0.25, 0.3) is 0 Å². The van der Waals surface area contributed by atoms with Crippen LogP contribution in [0.5, 0.6) is 0 Å². The summed E-state index contributed by atoms with van der Waals surface area (Å²) < 4.78 is 0. The van der Waals surface area contributed by atoms with Crippen LogP contribution in [0.1, 0.15) is 43.7 Å². The molecule has 1 aliphatic carbocycles. The van der Waals surface area contributed by atoms with Crippen LogP contribution >= 0.6 is 0 Å². The van der Waals surface area contributed by atoms with Gasteiger partial charge in [0.1, 0.15) is 6.54 Å². The predicted molar refractivity (Wildman–Crippen MR) is 84.6 cm³/mol. The van der Waals surface area contributed by atoms with Crippen LogP contribution in [0, 0.1) is 0 Å². The molecule has 0 radical (unpaired) electrons. The lowest BCUT2D eigenvalue weighted by atomic mass is 10.0. The fraction of sp³-hybridized carbons (Fsp3) is 0.529. The van der Waals surface area contributed by atoms with Gasteiger partial charge in [-0.15, -0.1) is 0 Å². The summed E-state index contributed by atoms with van der Waals surface area (Å²) in [7, 11) is 0. The Morgan fingerprint density at radius 2 is 1.91 bits per heavy atom. The third-order valence-corrected chi connectivity index (χ3v) is 3.88. The molecule has 1 saturated carbocycles. The van der Waals surface area contributed by atoms with E-state index in [1.807, 2.05) is 0 Å². The largest absolute Gasteiger partial charge is 0.480 e. The molecule has 0 spiro atoms. The highest BCUT2D eigenvalue weighted by molar-refractivity contribution is 5.82. The summed E-state index contributed by atoms with van der Waals surface area (Å²) in [6.07, 6.45) is 2.21. The molecule has 0 aromatic heterocycles.